The summed E-state index contributed by atoms with van der Waals surface area (Å²) in [6.45, 7) is 1.61. The van der Waals surface area contributed by atoms with Crippen LogP contribution in [0.2, 0.25) is 0 Å². The molecule has 0 aliphatic rings. The van der Waals surface area contributed by atoms with Gasteiger partial charge in [0.2, 0.25) is 0 Å². The molecule has 4 N–H and O–H groups in total. The van der Waals surface area contributed by atoms with E-state index in [-0.39, 0.29) is 11.4 Å². The predicted molar refractivity (Wildman–Crippen MR) is 103 cm³/mol. The molecule has 0 radical (unpaired) electrons. The van der Waals surface area contributed by atoms with Crippen LogP contribution < -0.4 is 25.9 Å². The summed E-state index contributed by atoms with van der Waals surface area (Å²) in [6.07, 6.45) is -3.18. The van der Waals surface area contributed by atoms with Crippen LogP contribution in [-0.2, 0) is 11.0 Å². The minimum Gasteiger partial charge on any atom is -0.490 e. The molecule has 0 atom stereocenters. The number of carbonyl (C=O) groups is 2. The van der Waals surface area contributed by atoms with Crippen LogP contribution in [0, 0.1) is 0 Å². The van der Waals surface area contributed by atoms with Crippen LogP contribution in [0.1, 0.15) is 18.1 Å². The Labute approximate surface area is 169 Å². The molecule has 0 unspecified atom stereocenters. The van der Waals surface area contributed by atoms with Gasteiger partial charge in [0.1, 0.15) is 0 Å². The zero-order valence-electron chi connectivity index (χ0n) is 15.8. The largest absolute Gasteiger partial charge is 0.490 e. The number of hydrogen-bond donors (Lipinski definition) is 3. The van der Waals surface area contributed by atoms with Gasteiger partial charge in [-0.05, 0) is 48.9 Å². The van der Waals surface area contributed by atoms with Gasteiger partial charge in [-0.15, -0.1) is 0 Å². The molecule has 2 aromatic carbocycles. The quantitative estimate of drug-likeness (QED) is 0.446. The summed E-state index contributed by atoms with van der Waals surface area (Å²) in [6, 6.07) is 8.14. The number of carbonyl (C=O) groups excluding carboxylic acids is 2. The molecule has 2 rings (SSSR count). The minimum absolute atomic E-state index is 0.00281. The van der Waals surface area contributed by atoms with Crippen molar-refractivity contribution in [2.24, 2.45) is 10.8 Å². The average molecular weight is 424 g/mol. The minimum atomic E-state index is -4.51. The van der Waals surface area contributed by atoms with Crippen molar-refractivity contribution in [2.75, 3.05) is 18.5 Å². The number of primary amides is 1. The van der Waals surface area contributed by atoms with E-state index in [0.717, 1.165) is 12.1 Å². The highest BCUT2D eigenvalue weighted by Crippen LogP contribution is 2.31. The van der Waals surface area contributed by atoms with Crippen molar-refractivity contribution in [2.45, 2.75) is 13.1 Å². The molecule has 0 spiro atoms. The zero-order valence-corrected chi connectivity index (χ0v) is 15.8. The monoisotopic (exact) mass is 424 g/mol. The fraction of sp³-hybridized carbons (Fsp3) is 0.211. The van der Waals surface area contributed by atoms with E-state index in [2.05, 4.69) is 10.4 Å². The summed E-state index contributed by atoms with van der Waals surface area (Å²) < 4.78 is 49.1. The number of nitrogens with one attached hydrogen (secondary N) is 2. The van der Waals surface area contributed by atoms with Crippen molar-refractivity contribution in [3.8, 4) is 11.5 Å². The first-order valence-corrected chi connectivity index (χ1v) is 8.64. The summed E-state index contributed by atoms with van der Waals surface area (Å²) >= 11 is 0. The summed E-state index contributed by atoms with van der Waals surface area (Å²) in [4.78, 5) is 22.7. The molecule has 8 nitrogen and oxygen atoms in total. The Bertz CT molecular complexity index is 932. The molecule has 30 heavy (non-hydrogen) atoms. The summed E-state index contributed by atoms with van der Waals surface area (Å²) in [5.41, 5.74) is 6.65. The summed E-state index contributed by atoms with van der Waals surface area (Å²) in [7, 11) is 0. The Balaban J connectivity index is 2.02. The number of ether oxygens (including phenoxy) is 2. The molecule has 0 saturated heterocycles. The van der Waals surface area contributed by atoms with Gasteiger partial charge >= 0.3 is 12.2 Å². The van der Waals surface area contributed by atoms with Gasteiger partial charge in [0.05, 0.1) is 18.4 Å². The van der Waals surface area contributed by atoms with Crippen LogP contribution in [-0.4, -0.2) is 31.4 Å². The van der Waals surface area contributed by atoms with Crippen LogP contribution in [0.15, 0.2) is 47.6 Å². The van der Waals surface area contributed by atoms with E-state index in [4.69, 9.17) is 15.2 Å². The number of hydrogen-bond acceptors (Lipinski definition) is 5. The van der Waals surface area contributed by atoms with Crippen molar-refractivity contribution < 1.29 is 32.2 Å². The van der Waals surface area contributed by atoms with E-state index in [9.17, 15) is 22.8 Å². The van der Waals surface area contributed by atoms with E-state index in [1.54, 1.807) is 19.1 Å². The first kappa shape index (κ1) is 22.5. The first-order chi connectivity index (χ1) is 14.2. The van der Waals surface area contributed by atoms with Gasteiger partial charge in [0.15, 0.2) is 18.1 Å². The lowest BCUT2D eigenvalue weighted by Gasteiger charge is -2.13. The lowest BCUT2D eigenvalue weighted by atomic mass is 10.2. The molecular weight excluding hydrogens is 405 g/mol. The maximum Gasteiger partial charge on any atom is 0.416 e. The second-order valence-electron chi connectivity index (χ2n) is 5.79. The molecule has 11 heteroatoms. The second kappa shape index (κ2) is 10.1. The number of benzene rings is 2. The van der Waals surface area contributed by atoms with Gasteiger partial charge in [-0.3, -0.25) is 4.79 Å². The van der Waals surface area contributed by atoms with Gasteiger partial charge in [-0.25, -0.2) is 10.2 Å². The van der Waals surface area contributed by atoms with Gasteiger partial charge in [0, 0.05) is 5.69 Å². The number of rotatable bonds is 8. The SMILES string of the molecule is CCOc1cc(C=NNC(N)=O)ccc1OCC(=O)Nc1cccc(C(F)(F)F)c1. The Kier molecular flexibility index (Phi) is 7.62. The van der Waals surface area contributed by atoms with E-state index < -0.39 is 30.3 Å². The smallest absolute Gasteiger partial charge is 0.416 e. The van der Waals surface area contributed by atoms with Gasteiger partial charge in [-0.2, -0.15) is 18.3 Å². The Hall–Kier alpha value is -3.76. The summed E-state index contributed by atoms with van der Waals surface area (Å²) in [5, 5.41) is 5.98. The van der Waals surface area contributed by atoms with Crippen LogP contribution in [0.5, 0.6) is 11.5 Å². The molecule has 0 heterocycles. The second-order valence-corrected chi connectivity index (χ2v) is 5.79. The van der Waals surface area contributed by atoms with Gasteiger partial charge in [0.25, 0.3) is 5.91 Å². The lowest BCUT2D eigenvalue weighted by molar-refractivity contribution is -0.137. The fourth-order valence-corrected chi connectivity index (χ4v) is 2.28. The zero-order chi connectivity index (χ0) is 22.1. The highest BCUT2D eigenvalue weighted by Gasteiger charge is 2.30. The van der Waals surface area contributed by atoms with Gasteiger partial charge < -0.3 is 20.5 Å². The fourth-order valence-electron chi connectivity index (χ4n) is 2.28. The lowest BCUT2D eigenvalue weighted by Crippen LogP contribution is -2.24. The topological polar surface area (TPSA) is 115 Å². The van der Waals surface area contributed by atoms with Crippen LogP contribution in [0.25, 0.3) is 0 Å². The average Bonchev–Trinajstić information content (AvgIpc) is 2.67. The number of hydrazone groups is 1. The van der Waals surface area contributed by atoms with E-state index in [1.165, 1.54) is 24.4 Å². The highest BCUT2D eigenvalue weighted by atomic mass is 19.4. The van der Waals surface area contributed by atoms with E-state index in [0.29, 0.717) is 17.9 Å². The van der Waals surface area contributed by atoms with Crippen molar-refractivity contribution in [1.29, 1.82) is 0 Å². The van der Waals surface area contributed by atoms with Crippen LogP contribution in [0.4, 0.5) is 23.7 Å². The number of nitrogens with zero attached hydrogens (tertiary/aromatic N) is 1. The van der Waals surface area contributed by atoms with Gasteiger partial charge in [-0.1, -0.05) is 6.07 Å². The molecule has 0 saturated carbocycles. The Morgan fingerprint density at radius 3 is 2.57 bits per heavy atom. The third kappa shape index (κ3) is 7.00. The third-order valence-electron chi connectivity index (χ3n) is 3.49. The highest BCUT2D eigenvalue weighted by molar-refractivity contribution is 5.92. The van der Waals surface area contributed by atoms with E-state index >= 15 is 0 Å². The van der Waals surface area contributed by atoms with Crippen molar-refractivity contribution in [3.05, 3.63) is 53.6 Å². The molecule has 0 aromatic heterocycles. The maximum atomic E-state index is 12.8. The normalized spacial score (nSPS) is 11.2. The number of anilines is 1. The molecule has 3 amide bonds. The Morgan fingerprint density at radius 2 is 1.90 bits per heavy atom. The maximum absolute atomic E-state index is 12.8. The number of nitrogens with two attached hydrogens (primary N) is 1. The standard InChI is InChI=1S/C19H19F3N4O4/c1-2-29-16-8-12(10-24-26-18(23)28)6-7-15(16)30-11-17(27)25-14-5-3-4-13(9-14)19(20,21)22/h3-10H,2,11H2,1H3,(H,25,27)(H3,23,26,28). The first-order valence-electron chi connectivity index (χ1n) is 8.64. The number of alkyl halides is 3. The van der Waals surface area contributed by atoms with Crippen molar-refractivity contribution in [1.82, 2.24) is 5.43 Å². The van der Waals surface area contributed by atoms with Crippen LogP contribution in [0.3, 0.4) is 0 Å². The summed E-state index contributed by atoms with van der Waals surface area (Å²) in [5.74, 6) is -0.0866. The predicted octanol–water partition coefficient (Wildman–Crippen LogP) is 3.12. The molecular formula is C19H19F3N4O4. The Morgan fingerprint density at radius 1 is 1.13 bits per heavy atom. The molecule has 0 aliphatic heterocycles. The molecule has 2 aromatic rings. The molecule has 0 aliphatic carbocycles. The van der Waals surface area contributed by atoms with Crippen molar-refractivity contribution in [3.63, 3.8) is 0 Å². The number of amides is 3. The number of urea groups is 1. The van der Waals surface area contributed by atoms with E-state index in [1.807, 2.05) is 5.43 Å². The van der Waals surface area contributed by atoms with Crippen molar-refractivity contribution >= 4 is 23.8 Å². The molecule has 0 bridgehead atoms. The molecule has 0 fully saturated rings. The number of halogens is 3. The molecule has 160 valence electrons. The van der Waals surface area contributed by atoms with Crippen LogP contribution >= 0.6 is 0 Å². The third-order valence-corrected chi connectivity index (χ3v) is 3.49.